The van der Waals surface area contributed by atoms with E-state index in [1.165, 1.54) is 29.4 Å². The Hall–Kier alpha value is -3.20. The molecule has 4 rings (SSSR count). The molecule has 31 heavy (non-hydrogen) atoms. The van der Waals surface area contributed by atoms with Crippen LogP contribution in [0.1, 0.15) is 12.1 Å². The normalized spacial score (nSPS) is 16.6. The molecule has 1 amide bonds. The third-order valence-corrected chi connectivity index (χ3v) is 5.41. The molecule has 6 nitrogen and oxygen atoms in total. The van der Waals surface area contributed by atoms with Gasteiger partial charge in [0.2, 0.25) is 5.91 Å². The molecule has 1 fully saturated rings. The molecule has 2 aromatic heterocycles. The Kier molecular flexibility index (Phi) is 5.53. The van der Waals surface area contributed by atoms with Gasteiger partial charge in [0.1, 0.15) is 11.9 Å². The highest BCUT2D eigenvalue weighted by Crippen LogP contribution is 2.34. The Bertz CT molecular complexity index is 1110. The number of nitrogens with zero attached hydrogens (tertiary/aromatic N) is 5. The van der Waals surface area contributed by atoms with Gasteiger partial charge in [0.25, 0.3) is 0 Å². The summed E-state index contributed by atoms with van der Waals surface area (Å²) in [5.41, 5.74) is -0.114. The molecule has 3 aromatic rings. The number of carbonyl (C=O) groups is 1. The number of benzene rings is 1. The lowest BCUT2D eigenvalue weighted by Gasteiger charge is -2.26. The van der Waals surface area contributed by atoms with Crippen molar-refractivity contribution >= 4 is 29.0 Å². The van der Waals surface area contributed by atoms with Crippen LogP contribution in [0.15, 0.2) is 54.9 Å². The van der Waals surface area contributed by atoms with Crippen LogP contribution in [0.2, 0.25) is 5.02 Å². The van der Waals surface area contributed by atoms with Crippen LogP contribution in [0.3, 0.4) is 0 Å². The van der Waals surface area contributed by atoms with Crippen molar-refractivity contribution in [3.63, 3.8) is 0 Å². The maximum atomic E-state index is 13.5. The number of alkyl halides is 3. The molecule has 1 unspecified atom stereocenters. The van der Waals surface area contributed by atoms with Gasteiger partial charge in [-0.15, -0.1) is 0 Å². The van der Waals surface area contributed by atoms with E-state index in [2.05, 4.69) is 15.0 Å². The number of carbonyl (C=O) groups excluding carboxylic acids is 1. The second kappa shape index (κ2) is 8.14. The van der Waals surface area contributed by atoms with E-state index in [4.69, 9.17) is 11.6 Å². The Labute approximate surface area is 181 Å². The van der Waals surface area contributed by atoms with Crippen molar-refractivity contribution in [1.82, 2.24) is 15.0 Å². The molecule has 0 radical (unpaired) electrons. The summed E-state index contributed by atoms with van der Waals surface area (Å²) in [7, 11) is 1.55. The van der Waals surface area contributed by atoms with Crippen molar-refractivity contribution in [1.29, 1.82) is 0 Å². The average Bonchev–Trinajstić information content (AvgIpc) is 3.14. The first-order valence-electron chi connectivity index (χ1n) is 9.41. The molecule has 0 aliphatic carbocycles. The fourth-order valence-corrected chi connectivity index (χ4v) is 3.72. The molecule has 1 aliphatic heterocycles. The van der Waals surface area contributed by atoms with E-state index >= 15 is 0 Å². The van der Waals surface area contributed by atoms with Crippen molar-refractivity contribution in [2.75, 3.05) is 23.4 Å². The number of para-hydroxylation sites is 1. The number of hydrogen-bond acceptors (Lipinski definition) is 5. The van der Waals surface area contributed by atoms with E-state index in [0.29, 0.717) is 29.2 Å². The van der Waals surface area contributed by atoms with Gasteiger partial charge < -0.3 is 9.80 Å². The van der Waals surface area contributed by atoms with Crippen molar-refractivity contribution in [3.8, 4) is 11.4 Å². The predicted octanol–water partition coefficient (Wildman–Crippen LogP) is 4.45. The van der Waals surface area contributed by atoms with Crippen LogP contribution in [0.25, 0.3) is 11.4 Å². The smallest absolute Gasteiger partial charge is 0.347 e. The zero-order valence-electron chi connectivity index (χ0n) is 16.3. The monoisotopic (exact) mass is 447 g/mol. The van der Waals surface area contributed by atoms with Gasteiger partial charge in [0.15, 0.2) is 11.5 Å². The molecule has 3 heterocycles. The molecule has 0 bridgehead atoms. The third kappa shape index (κ3) is 4.18. The summed E-state index contributed by atoms with van der Waals surface area (Å²) in [4.78, 5) is 27.9. The summed E-state index contributed by atoms with van der Waals surface area (Å²) in [5, 5.41) is 0.431. The largest absolute Gasteiger partial charge is 0.433 e. The number of amides is 1. The Morgan fingerprint density at radius 2 is 1.84 bits per heavy atom. The Morgan fingerprint density at radius 1 is 1.13 bits per heavy atom. The number of rotatable bonds is 4. The molecule has 0 N–H and O–H groups in total. The molecule has 1 saturated heterocycles. The Balaban J connectivity index is 1.69. The van der Waals surface area contributed by atoms with E-state index in [1.807, 2.05) is 0 Å². The van der Waals surface area contributed by atoms with Crippen LogP contribution in [0.5, 0.6) is 0 Å². The summed E-state index contributed by atoms with van der Waals surface area (Å²) < 4.78 is 40.5. The zero-order valence-corrected chi connectivity index (χ0v) is 17.1. The second-order valence-corrected chi connectivity index (χ2v) is 7.43. The van der Waals surface area contributed by atoms with Crippen molar-refractivity contribution < 1.29 is 18.0 Å². The van der Waals surface area contributed by atoms with Crippen molar-refractivity contribution in [3.05, 3.63) is 65.6 Å². The standard InChI is InChI=1S/C21H17ClF3N5O/c1-29(16-8-11-30(20(16)31)15-5-3-2-4-14(15)22)18-12-17(21(23,24)25)27-19(28-18)13-6-9-26-10-7-13/h2-7,9-10,12,16H,8,11H2,1H3. The van der Waals surface area contributed by atoms with Gasteiger partial charge in [-0.3, -0.25) is 9.78 Å². The minimum Gasteiger partial charge on any atom is -0.347 e. The van der Waals surface area contributed by atoms with Gasteiger partial charge in [-0.1, -0.05) is 23.7 Å². The van der Waals surface area contributed by atoms with Crippen LogP contribution in [0, 0.1) is 0 Å². The number of anilines is 2. The zero-order chi connectivity index (χ0) is 22.2. The first kappa shape index (κ1) is 21.0. The first-order chi connectivity index (χ1) is 14.8. The van der Waals surface area contributed by atoms with Gasteiger partial charge in [-0.25, -0.2) is 9.97 Å². The highest BCUT2D eigenvalue weighted by Gasteiger charge is 2.39. The first-order valence-corrected chi connectivity index (χ1v) is 9.79. The summed E-state index contributed by atoms with van der Waals surface area (Å²) >= 11 is 6.22. The molecule has 1 aromatic carbocycles. The molecular weight excluding hydrogens is 431 g/mol. The van der Waals surface area contributed by atoms with Crippen LogP contribution in [-0.4, -0.2) is 40.5 Å². The SMILES string of the molecule is CN(c1cc(C(F)(F)F)nc(-c2ccncc2)n1)C1CCN(c2ccccc2Cl)C1=O. The van der Waals surface area contributed by atoms with E-state index in [-0.39, 0.29) is 17.5 Å². The number of hydrogen-bond donors (Lipinski definition) is 0. The van der Waals surface area contributed by atoms with Gasteiger partial charge in [0, 0.05) is 37.6 Å². The number of pyridine rings is 1. The lowest BCUT2D eigenvalue weighted by molar-refractivity contribution is -0.141. The number of likely N-dealkylation sites (N-methyl/N-ethyl adjacent to an activating group) is 1. The van der Waals surface area contributed by atoms with Crippen LogP contribution in [0.4, 0.5) is 24.7 Å². The molecule has 160 valence electrons. The van der Waals surface area contributed by atoms with Gasteiger partial charge >= 0.3 is 6.18 Å². The molecular formula is C21H17ClF3N5O. The number of aromatic nitrogens is 3. The third-order valence-electron chi connectivity index (χ3n) is 5.09. The maximum Gasteiger partial charge on any atom is 0.433 e. The predicted molar refractivity (Wildman–Crippen MR) is 111 cm³/mol. The van der Waals surface area contributed by atoms with Gasteiger partial charge in [0.05, 0.1) is 10.7 Å². The minimum atomic E-state index is -4.66. The van der Waals surface area contributed by atoms with E-state index < -0.39 is 17.9 Å². The Morgan fingerprint density at radius 3 is 2.52 bits per heavy atom. The summed E-state index contributed by atoms with van der Waals surface area (Å²) in [6.07, 6.45) is -1.35. The lowest BCUT2D eigenvalue weighted by atomic mass is 10.2. The molecule has 10 heteroatoms. The average molecular weight is 448 g/mol. The van der Waals surface area contributed by atoms with Crippen LogP contribution < -0.4 is 9.80 Å². The molecule has 0 spiro atoms. The van der Waals surface area contributed by atoms with E-state index in [0.717, 1.165) is 6.07 Å². The topological polar surface area (TPSA) is 62.2 Å². The van der Waals surface area contributed by atoms with Gasteiger partial charge in [-0.05, 0) is 30.7 Å². The summed E-state index contributed by atoms with van der Waals surface area (Å²) in [6.45, 7) is 0.395. The number of halogens is 4. The molecule has 1 aliphatic rings. The van der Waals surface area contributed by atoms with E-state index in [1.54, 1.807) is 36.2 Å². The second-order valence-electron chi connectivity index (χ2n) is 7.03. The fraction of sp³-hybridized carbons (Fsp3) is 0.238. The molecule has 1 atom stereocenters. The van der Waals surface area contributed by atoms with Gasteiger partial charge in [-0.2, -0.15) is 13.2 Å². The van der Waals surface area contributed by atoms with Crippen molar-refractivity contribution in [2.45, 2.75) is 18.6 Å². The molecule has 0 saturated carbocycles. The lowest BCUT2D eigenvalue weighted by Crippen LogP contribution is -2.40. The fourth-order valence-electron chi connectivity index (χ4n) is 3.48. The van der Waals surface area contributed by atoms with E-state index in [9.17, 15) is 18.0 Å². The minimum absolute atomic E-state index is 0.00787. The quantitative estimate of drug-likeness (QED) is 0.591. The maximum absolute atomic E-state index is 13.5. The highest BCUT2D eigenvalue weighted by molar-refractivity contribution is 6.34. The summed E-state index contributed by atoms with van der Waals surface area (Å²) in [6, 6.07) is 10.2. The van der Waals surface area contributed by atoms with Crippen LogP contribution >= 0.6 is 11.6 Å². The summed E-state index contributed by atoms with van der Waals surface area (Å²) in [5.74, 6) is -0.339. The highest BCUT2D eigenvalue weighted by atomic mass is 35.5. The van der Waals surface area contributed by atoms with Crippen LogP contribution in [-0.2, 0) is 11.0 Å². The van der Waals surface area contributed by atoms with Crippen molar-refractivity contribution in [2.24, 2.45) is 0 Å².